The summed E-state index contributed by atoms with van der Waals surface area (Å²) in [5.41, 5.74) is 0. The second-order valence-corrected chi connectivity index (χ2v) is 5.30. The molecule has 8 heteroatoms. The van der Waals surface area contributed by atoms with Gasteiger partial charge >= 0.3 is 5.97 Å². The number of rotatable bonds is 8. The topological polar surface area (TPSA) is 99.1 Å². The highest BCUT2D eigenvalue weighted by atomic mass is 32.2. The van der Waals surface area contributed by atoms with Gasteiger partial charge in [0.25, 0.3) is 16.1 Å². The maximum Gasteiger partial charge on any atom is 0.309 e. The van der Waals surface area contributed by atoms with Gasteiger partial charge in [-0.1, -0.05) is 17.1 Å². The summed E-state index contributed by atoms with van der Waals surface area (Å²) >= 11 is 0. The molecule has 0 amide bonds. The third-order valence-electron chi connectivity index (χ3n) is 2.22. The molecule has 1 aromatic rings. The van der Waals surface area contributed by atoms with Crippen LogP contribution in [0.2, 0.25) is 0 Å². The maximum atomic E-state index is 11.4. The second-order valence-electron chi connectivity index (χ2n) is 3.70. The molecule has 0 heterocycles. The Morgan fingerprint density at radius 1 is 1.33 bits per heavy atom. The molecule has 0 atom stereocenters. The third-order valence-corrected chi connectivity index (χ3v) is 3.40. The van der Waals surface area contributed by atoms with E-state index >= 15 is 0 Å². The fourth-order valence-electron chi connectivity index (χ4n) is 1.29. The van der Waals surface area contributed by atoms with Gasteiger partial charge in [0, 0.05) is 0 Å². The Bertz CT molecular complexity index is 644. The van der Waals surface area contributed by atoms with Gasteiger partial charge in [0.15, 0.2) is 0 Å². The minimum Gasteiger partial charge on any atom is -0.493 e. The molecule has 0 aliphatic carbocycles. The van der Waals surface area contributed by atoms with Gasteiger partial charge in [0.2, 0.25) is 0 Å². The first-order valence-electron chi connectivity index (χ1n) is 5.83. The van der Waals surface area contributed by atoms with Crippen LogP contribution in [0.3, 0.4) is 0 Å². The predicted octanol–water partition coefficient (Wildman–Crippen LogP) is 1.21. The molecule has 0 aromatic heterocycles. The van der Waals surface area contributed by atoms with Crippen molar-refractivity contribution in [2.24, 2.45) is 4.40 Å². The van der Waals surface area contributed by atoms with E-state index in [-0.39, 0.29) is 24.5 Å². The van der Waals surface area contributed by atoms with Crippen LogP contribution >= 0.6 is 0 Å². The van der Waals surface area contributed by atoms with Crippen molar-refractivity contribution in [3.8, 4) is 5.75 Å². The monoisotopic (exact) mass is 311 g/mol. The molecule has 0 saturated carbocycles. The van der Waals surface area contributed by atoms with Crippen LogP contribution in [-0.4, -0.2) is 33.7 Å². The number of isocyanates is 1. The number of benzene rings is 1. The first kappa shape index (κ1) is 16.6. The van der Waals surface area contributed by atoms with Crippen molar-refractivity contribution in [3.63, 3.8) is 0 Å². The van der Waals surface area contributed by atoms with E-state index in [0.29, 0.717) is 5.75 Å². The number of ether oxygens (including phenoxy) is 2. The number of hydrogen-bond donors (Lipinski definition) is 0. The van der Waals surface area contributed by atoms with Gasteiger partial charge in [0.05, 0.1) is 17.9 Å². The number of carbonyl (C=O) groups is 1. The second kappa shape index (κ2) is 7.98. The zero-order chi connectivity index (χ0) is 15.7. The zero-order valence-electron chi connectivity index (χ0n) is 11.0. The first-order valence-corrected chi connectivity index (χ1v) is 7.27. The molecule has 1 aromatic carbocycles. The predicted molar refractivity (Wildman–Crippen MR) is 73.0 cm³/mol. The zero-order valence-corrected chi connectivity index (χ0v) is 11.8. The Kier molecular flexibility index (Phi) is 6.32. The van der Waals surface area contributed by atoms with Gasteiger partial charge in [-0.25, -0.2) is 4.79 Å². The normalized spacial score (nSPS) is 10.3. The molecular weight excluding hydrogens is 298 g/mol. The fraction of sp³-hybridized carbons (Fsp3) is 0.231. The number of nitrogens with zero attached hydrogens (tertiary/aromatic N) is 1. The molecule has 0 bridgehead atoms. The van der Waals surface area contributed by atoms with Gasteiger partial charge in [0.1, 0.15) is 12.4 Å². The number of carbonyl (C=O) groups excluding carboxylic acids is 2. The highest BCUT2D eigenvalue weighted by Gasteiger charge is 2.12. The molecule has 0 unspecified atom stereocenters. The SMILES string of the molecule is C=CCOC(=O)CCOc1ccc(S(=O)(=O)N=C=O)cc1. The number of hydrogen-bond acceptors (Lipinski definition) is 6. The summed E-state index contributed by atoms with van der Waals surface area (Å²) in [6.45, 7) is 3.65. The average molecular weight is 311 g/mol. The lowest BCUT2D eigenvalue weighted by molar-refractivity contribution is -0.142. The summed E-state index contributed by atoms with van der Waals surface area (Å²) in [5, 5.41) is 0. The molecule has 7 nitrogen and oxygen atoms in total. The van der Waals surface area contributed by atoms with Crippen LogP contribution in [0.25, 0.3) is 0 Å². The number of esters is 1. The van der Waals surface area contributed by atoms with E-state index in [4.69, 9.17) is 9.47 Å². The standard InChI is InChI=1S/C13H13NO6S/c1-2-8-20-13(16)7-9-19-11-3-5-12(6-4-11)21(17,18)14-10-15/h2-6H,1,7-9H2. The molecule has 1 rings (SSSR count). The molecule has 0 fully saturated rings. The molecule has 0 aliphatic heterocycles. The van der Waals surface area contributed by atoms with Crippen LogP contribution in [0, 0.1) is 0 Å². The highest BCUT2D eigenvalue weighted by Crippen LogP contribution is 2.17. The molecule has 21 heavy (non-hydrogen) atoms. The van der Waals surface area contributed by atoms with Crippen molar-refractivity contribution in [1.29, 1.82) is 0 Å². The van der Waals surface area contributed by atoms with Crippen LogP contribution in [0.5, 0.6) is 5.75 Å². The van der Waals surface area contributed by atoms with Crippen molar-refractivity contribution in [3.05, 3.63) is 36.9 Å². The quantitative estimate of drug-likeness (QED) is 0.310. The van der Waals surface area contributed by atoms with Crippen molar-refractivity contribution >= 4 is 22.1 Å². The van der Waals surface area contributed by atoms with E-state index in [0.717, 1.165) is 6.08 Å². The molecule has 0 aliphatic rings. The van der Waals surface area contributed by atoms with Crippen molar-refractivity contribution in [1.82, 2.24) is 0 Å². The van der Waals surface area contributed by atoms with E-state index in [1.54, 1.807) is 0 Å². The average Bonchev–Trinajstić information content (AvgIpc) is 2.45. The molecule has 0 radical (unpaired) electrons. The maximum absolute atomic E-state index is 11.4. The lowest BCUT2D eigenvalue weighted by Crippen LogP contribution is -2.09. The van der Waals surface area contributed by atoms with Gasteiger partial charge in [-0.2, -0.15) is 8.42 Å². The fourth-order valence-corrected chi connectivity index (χ4v) is 1.97. The summed E-state index contributed by atoms with van der Waals surface area (Å²) in [6.07, 6.45) is 2.50. The van der Waals surface area contributed by atoms with E-state index in [2.05, 4.69) is 11.0 Å². The Morgan fingerprint density at radius 3 is 2.57 bits per heavy atom. The van der Waals surface area contributed by atoms with Crippen molar-refractivity contribution in [2.75, 3.05) is 13.2 Å². The molecule has 0 saturated heterocycles. The minimum absolute atomic E-state index is 0.0589. The molecular formula is C13H13NO6S. The lowest BCUT2D eigenvalue weighted by Gasteiger charge is -2.06. The van der Waals surface area contributed by atoms with E-state index in [1.807, 2.05) is 0 Å². The summed E-state index contributed by atoms with van der Waals surface area (Å²) < 4.78 is 35.6. The molecule has 0 N–H and O–H groups in total. The van der Waals surface area contributed by atoms with E-state index in [1.165, 1.54) is 30.3 Å². The van der Waals surface area contributed by atoms with Crippen molar-refractivity contribution < 1.29 is 27.5 Å². The first-order chi connectivity index (χ1) is 9.99. The smallest absolute Gasteiger partial charge is 0.309 e. The van der Waals surface area contributed by atoms with Crippen molar-refractivity contribution in [2.45, 2.75) is 11.3 Å². The van der Waals surface area contributed by atoms with Gasteiger partial charge in [-0.3, -0.25) is 4.79 Å². The van der Waals surface area contributed by atoms with Crippen LogP contribution in [-0.2, 0) is 24.3 Å². The molecule has 0 spiro atoms. The van der Waals surface area contributed by atoms with Gasteiger partial charge in [-0.05, 0) is 24.3 Å². The van der Waals surface area contributed by atoms with Crippen LogP contribution in [0.1, 0.15) is 6.42 Å². The minimum atomic E-state index is -4.01. The third kappa shape index (κ3) is 5.60. The number of sulfonamides is 1. The lowest BCUT2D eigenvalue weighted by atomic mass is 10.3. The van der Waals surface area contributed by atoms with Gasteiger partial charge in [-0.15, -0.1) is 0 Å². The van der Waals surface area contributed by atoms with Crippen LogP contribution in [0.15, 0.2) is 46.2 Å². The Balaban J connectivity index is 2.54. The van der Waals surface area contributed by atoms with Crippen LogP contribution < -0.4 is 4.74 Å². The van der Waals surface area contributed by atoms with Gasteiger partial charge < -0.3 is 9.47 Å². The van der Waals surface area contributed by atoms with E-state index < -0.39 is 16.0 Å². The van der Waals surface area contributed by atoms with E-state index in [9.17, 15) is 18.0 Å². The highest BCUT2D eigenvalue weighted by molar-refractivity contribution is 7.90. The Hall–Kier alpha value is -2.44. The van der Waals surface area contributed by atoms with Crippen LogP contribution in [0.4, 0.5) is 0 Å². The Labute approximate surface area is 122 Å². The summed E-state index contributed by atoms with van der Waals surface area (Å²) in [6, 6.07) is 5.26. The summed E-state index contributed by atoms with van der Waals surface area (Å²) in [4.78, 5) is 21.0. The molecule has 112 valence electrons. The Morgan fingerprint density at radius 2 is 2.00 bits per heavy atom. The largest absolute Gasteiger partial charge is 0.493 e. The summed E-state index contributed by atoms with van der Waals surface area (Å²) in [5.74, 6) is -0.0463. The summed E-state index contributed by atoms with van der Waals surface area (Å²) in [7, 11) is -4.01.